The average molecular weight is 289 g/mol. The molecule has 0 spiro atoms. The van der Waals surface area contributed by atoms with Gasteiger partial charge in [-0.25, -0.2) is 4.79 Å². The molecule has 1 unspecified atom stereocenters. The number of benzene rings is 1. The number of nitrogens with zero attached hydrogens (tertiary/aromatic N) is 1. The van der Waals surface area contributed by atoms with Crippen LogP contribution >= 0.6 is 11.3 Å². The predicted octanol–water partition coefficient (Wildman–Crippen LogP) is 3.43. The van der Waals surface area contributed by atoms with Crippen molar-refractivity contribution in [2.45, 2.75) is 19.5 Å². The molecule has 106 valence electrons. The third-order valence-corrected chi connectivity index (χ3v) is 3.74. The molecule has 1 atom stereocenters. The lowest BCUT2D eigenvalue weighted by Gasteiger charge is -2.18. The number of anilines is 1. The van der Waals surface area contributed by atoms with Gasteiger partial charge in [0, 0.05) is 25.3 Å². The van der Waals surface area contributed by atoms with Gasteiger partial charge in [0.2, 0.25) is 0 Å². The highest BCUT2D eigenvalue weighted by Gasteiger charge is 2.10. The first-order valence-electron chi connectivity index (χ1n) is 6.45. The second-order valence-corrected chi connectivity index (χ2v) is 5.61. The van der Waals surface area contributed by atoms with E-state index < -0.39 is 0 Å². The Bertz CT molecular complexity index is 566. The van der Waals surface area contributed by atoms with Gasteiger partial charge in [-0.05, 0) is 47.0 Å². The van der Waals surface area contributed by atoms with Crippen LogP contribution in [0.15, 0.2) is 41.1 Å². The molecule has 0 saturated carbocycles. The molecule has 0 radical (unpaired) electrons. The predicted molar refractivity (Wildman–Crippen MR) is 83.8 cm³/mol. The fourth-order valence-electron chi connectivity index (χ4n) is 1.85. The number of nitrogens with two attached hydrogens (primary N) is 1. The normalized spacial score (nSPS) is 11.9. The monoisotopic (exact) mass is 289 g/mol. The van der Waals surface area contributed by atoms with Crippen LogP contribution in [-0.4, -0.2) is 18.0 Å². The molecule has 1 heterocycles. The topological polar surface area (TPSA) is 58.4 Å². The molecule has 1 aromatic heterocycles. The van der Waals surface area contributed by atoms with Gasteiger partial charge in [0.15, 0.2) is 0 Å². The van der Waals surface area contributed by atoms with E-state index in [-0.39, 0.29) is 12.1 Å². The lowest BCUT2D eigenvalue weighted by atomic mass is 10.1. The molecule has 2 rings (SSSR count). The lowest BCUT2D eigenvalue weighted by Crippen LogP contribution is -2.30. The van der Waals surface area contributed by atoms with Crippen molar-refractivity contribution in [2.75, 3.05) is 12.4 Å². The van der Waals surface area contributed by atoms with Crippen LogP contribution in [0.5, 0.6) is 0 Å². The smallest absolute Gasteiger partial charge is 0.321 e. The Morgan fingerprint density at radius 3 is 2.90 bits per heavy atom. The third-order valence-electron chi connectivity index (χ3n) is 3.01. The van der Waals surface area contributed by atoms with Crippen molar-refractivity contribution in [3.63, 3.8) is 0 Å². The molecule has 0 saturated heterocycles. The molecule has 0 fully saturated rings. The van der Waals surface area contributed by atoms with Crippen molar-refractivity contribution < 1.29 is 4.79 Å². The van der Waals surface area contributed by atoms with Gasteiger partial charge in [-0.1, -0.05) is 12.1 Å². The van der Waals surface area contributed by atoms with E-state index in [0.717, 1.165) is 16.8 Å². The van der Waals surface area contributed by atoms with E-state index in [9.17, 15) is 4.79 Å². The fourth-order valence-corrected chi connectivity index (χ4v) is 2.51. The minimum atomic E-state index is -0.127. The first-order chi connectivity index (χ1) is 9.56. The number of hydrogen-bond acceptors (Lipinski definition) is 3. The molecule has 0 bridgehead atoms. The minimum absolute atomic E-state index is 0.0459. The van der Waals surface area contributed by atoms with Gasteiger partial charge < -0.3 is 16.0 Å². The molecular weight excluding hydrogens is 270 g/mol. The van der Waals surface area contributed by atoms with E-state index in [1.807, 2.05) is 48.0 Å². The quantitative estimate of drug-likeness (QED) is 0.906. The summed E-state index contributed by atoms with van der Waals surface area (Å²) in [5.74, 6) is 0. The van der Waals surface area contributed by atoms with Crippen LogP contribution in [0.1, 0.15) is 24.1 Å². The van der Waals surface area contributed by atoms with Crippen molar-refractivity contribution in [2.24, 2.45) is 5.73 Å². The average Bonchev–Trinajstić information content (AvgIpc) is 2.91. The van der Waals surface area contributed by atoms with Crippen LogP contribution in [0.3, 0.4) is 0 Å². The van der Waals surface area contributed by atoms with Crippen molar-refractivity contribution in [1.29, 1.82) is 0 Å². The molecule has 0 aliphatic carbocycles. The maximum Gasteiger partial charge on any atom is 0.321 e. The Morgan fingerprint density at radius 1 is 1.45 bits per heavy atom. The largest absolute Gasteiger partial charge is 0.324 e. The van der Waals surface area contributed by atoms with Gasteiger partial charge in [-0.3, -0.25) is 0 Å². The summed E-state index contributed by atoms with van der Waals surface area (Å²) < 4.78 is 0. The van der Waals surface area contributed by atoms with Crippen LogP contribution < -0.4 is 11.1 Å². The van der Waals surface area contributed by atoms with Gasteiger partial charge in [0.1, 0.15) is 0 Å². The maximum atomic E-state index is 12.1. The fraction of sp³-hybridized carbons (Fsp3) is 0.267. The van der Waals surface area contributed by atoms with Gasteiger partial charge in [0.25, 0.3) is 0 Å². The Labute approximate surface area is 123 Å². The van der Waals surface area contributed by atoms with E-state index >= 15 is 0 Å². The zero-order valence-corrected chi connectivity index (χ0v) is 12.5. The first kappa shape index (κ1) is 14.6. The number of rotatable bonds is 4. The number of carbonyl (C=O) groups is 1. The van der Waals surface area contributed by atoms with Crippen LogP contribution in [-0.2, 0) is 6.54 Å². The summed E-state index contributed by atoms with van der Waals surface area (Å²) in [5, 5.41) is 6.93. The Hall–Kier alpha value is -1.85. The zero-order valence-electron chi connectivity index (χ0n) is 11.7. The number of urea groups is 1. The second kappa shape index (κ2) is 6.54. The Balaban J connectivity index is 1.98. The summed E-state index contributed by atoms with van der Waals surface area (Å²) in [7, 11) is 1.78. The molecule has 5 heteroatoms. The third kappa shape index (κ3) is 3.82. The minimum Gasteiger partial charge on any atom is -0.324 e. The Kier molecular flexibility index (Phi) is 4.76. The highest BCUT2D eigenvalue weighted by atomic mass is 32.1. The number of carbonyl (C=O) groups excluding carboxylic acids is 1. The highest BCUT2D eigenvalue weighted by molar-refractivity contribution is 7.07. The van der Waals surface area contributed by atoms with Crippen molar-refractivity contribution in [1.82, 2.24) is 4.90 Å². The molecule has 2 aromatic rings. The van der Waals surface area contributed by atoms with E-state index in [0.29, 0.717) is 6.54 Å². The molecule has 0 aliphatic heterocycles. The number of nitrogens with one attached hydrogen (secondary N) is 1. The highest BCUT2D eigenvalue weighted by Crippen LogP contribution is 2.16. The standard InChI is InChI=1S/C15H19N3OS/c1-11(16)13-4-3-5-14(8-13)17-15(19)18(2)9-12-6-7-20-10-12/h3-8,10-11H,9,16H2,1-2H3,(H,17,19). The summed E-state index contributed by atoms with van der Waals surface area (Å²) in [6.07, 6.45) is 0. The summed E-state index contributed by atoms with van der Waals surface area (Å²) in [6, 6.07) is 9.46. The molecule has 1 aromatic carbocycles. The van der Waals surface area contributed by atoms with Crippen LogP contribution in [0.25, 0.3) is 0 Å². The number of hydrogen-bond donors (Lipinski definition) is 2. The van der Waals surface area contributed by atoms with Crippen molar-refractivity contribution >= 4 is 23.1 Å². The van der Waals surface area contributed by atoms with Crippen LogP contribution in [0, 0.1) is 0 Å². The van der Waals surface area contributed by atoms with Crippen molar-refractivity contribution in [3.05, 3.63) is 52.2 Å². The summed E-state index contributed by atoms with van der Waals surface area (Å²) in [4.78, 5) is 13.8. The SMILES string of the molecule is CC(N)c1cccc(NC(=O)N(C)Cc2ccsc2)c1. The Morgan fingerprint density at radius 2 is 2.25 bits per heavy atom. The summed E-state index contributed by atoms with van der Waals surface area (Å²) >= 11 is 1.63. The number of thiophene rings is 1. The summed E-state index contributed by atoms with van der Waals surface area (Å²) in [5.41, 5.74) is 8.75. The summed E-state index contributed by atoms with van der Waals surface area (Å²) in [6.45, 7) is 2.52. The van der Waals surface area contributed by atoms with E-state index in [4.69, 9.17) is 5.73 Å². The molecule has 4 nitrogen and oxygen atoms in total. The first-order valence-corrected chi connectivity index (χ1v) is 7.39. The molecule has 3 N–H and O–H groups in total. The van der Waals surface area contributed by atoms with E-state index in [1.54, 1.807) is 23.3 Å². The van der Waals surface area contributed by atoms with Gasteiger partial charge >= 0.3 is 6.03 Å². The molecule has 2 amide bonds. The molecular formula is C15H19N3OS. The molecule has 20 heavy (non-hydrogen) atoms. The van der Waals surface area contributed by atoms with Gasteiger partial charge in [-0.2, -0.15) is 11.3 Å². The van der Waals surface area contributed by atoms with Crippen molar-refractivity contribution in [3.8, 4) is 0 Å². The maximum absolute atomic E-state index is 12.1. The molecule has 0 aliphatic rings. The van der Waals surface area contributed by atoms with E-state index in [2.05, 4.69) is 5.32 Å². The van der Waals surface area contributed by atoms with Gasteiger partial charge in [-0.15, -0.1) is 0 Å². The number of amides is 2. The van der Waals surface area contributed by atoms with Crippen LogP contribution in [0.2, 0.25) is 0 Å². The second-order valence-electron chi connectivity index (χ2n) is 4.83. The zero-order chi connectivity index (χ0) is 14.5. The van der Waals surface area contributed by atoms with Gasteiger partial charge in [0.05, 0.1) is 0 Å². The lowest BCUT2D eigenvalue weighted by molar-refractivity contribution is 0.221. The van der Waals surface area contributed by atoms with Crippen LogP contribution in [0.4, 0.5) is 10.5 Å². The van der Waals surface area contributed by atoms with E-state index in [1.165, 1.54) is 0 Å².